The molecule has 2 N–H and O–H groups in total. The van der Waals surface area contributed by atoms with E-state index in [-0.39, 0.29) is 34.6 Å². The molecule has 2 amide bonds. The van der Waals surface area contributed by atoms with Crippen LogP contribution in [0.25, 0.3) is 0 Å². The Morgan fingerprint density at radius 3 is 2.30 bits per heavy atom. The highest BCUT2D eigenvalue weighted by Gasteiger charge is 2.45. The predicted octanol–water partition coefficient (Wildman–Crippen LogP) is 1.02. The fourth-order valence-electron chi connectivity index (χ4n) is 3.99. The standard InChI is InChI=1S/C19H25N3O4S/c1-3-19(24)21-17-8-15-11-22(12-16(15)9-17)27(25,26)18-6-4-14(5-7-18)10-20-13(2)23/h3-7,15-17H,1,8-12H2,2H3,(H,20,23)(H,21,24). The lowest BCUT2D eigenvalue weighted by Crippen LogP contribution is -2.35. The maximum absolute atomic E-state index is 12.9. The molecular formula is C19H25N3O4S. The molecule has 3 rings (SSSR count). The van der Waals surface area contributed by atoms with Gasteiger partial charge in [-0.15, -0.1) is 0 Å². The molecule has 1 aromatic carbocycles. The van der Waals surface area contributed by atoms with E-state index in [0.29, 0.717) is 19.6 Å². The quantitative estimate of drug-likeness (QED) is 0.708. The first-order valence-corrected chi connectivity index (χ1v) is 10.5. The number of carbonyl (C=O) groups excluding carboxylic acids is 2. The van der Waals surface area contributed by atoms with Gasteiger partial charge in [-0.25, -0.2) is 8.42 Å². The van der Waals surface area contributed by atoms with Crippen molar-refractivity contribution in [3.05, 3.63) is 42.5 Å². The smallest absolute Gasteiger partial charge is 0.243 e. The van der Waals surface area contributed by atoms with Crippen LogP contribution >= 0.6 is 0 Å². The molecule has 1 aliphatic carbocycles. The largest absolute Gasteiger partial charge is 0.352 e. The Bertz CT molecular complexity index is 821. The highest BCUT2D eigenvalue weighted by atomic mass is 32.2. The summed E-state index contributed by atoms with van der Waals surface area (Å²) in [4.78, 5) is 22.7. The fraction of sp³-hybridized carbons (Fsp3) is 0.474. The van der Waals surface area contributed by atoms with Crippen LogP contribution in [0.15, 0.2) is 41.8 Å². The summed E-state index contributed by atoms with van der Waals surface area (Å²) >= 11 is 0. The van der Waals surface area contributed by atoms with Gasteiger partial charge >= 0.3 is 0 Å². The molecular weight excluding hydrogens is 366 g/mol. The molecule has 1 aliphatic heterocycles. The Morgan fingerprint density at radius 2 is 1.78 bits per heavy atom. The van der Waals surface area contributed by atoms with Gasteiger partial charge in [0.15, 0.2) is 0 Å². The van der Waals surface area contributed by atoms with Gasteiger partial charge in [-0.05, 0) is 48.4 Å². The van der Waals surface area contributed by atoms with E-state index in [4.69, 9.17) is 0 Å². The van der Waals surface area contributed by atoms with Crippen molar-refractivity contribution in [3.8, 4) is 0 Å². The number of fused-ring (bicyclic) bond motifs is 1. The molecule has 27 heavy (non-hydrogen) atoms. The third-order valence-electron chi connectivity index (χ3n) is 5.35. The molecule has 0 bridgehead atoms. The molecule has 1 saturated carbocycles. The second-order valence-electron chi connectivity index (χ2n) is 7.28. The third kappa shape index (κ3) is 4.39. The Kier molecular flexibility index (Phi) is 5.67. The molecule has 146 valence electrons. The second-order valence-corrected chi connectivity index (χ2v) is 9.21. The molecule has 2 aliphatic rings. The van der Waals surface area contributed by atoms with E-state index in [1.54, 1.807) is 28.6 Å². The first-order chi connectivity index (χ1) is 12.8. The average molecular weight is 391 g/mol. The van der Waals surface area contributed by atoms with Gasteiger partial charge in [-0.3, -0.25) is 9.59 Å². The van der Waals surface area contributed by atoms with Crippen LogP contribution in [0.1, 0.15) is 25.3 Å². The third-order valence-corrected chi connectivity index (χ3v) is 7.20. The second kappa shape index (κ2) is 7.82. The Labute approximate surface area is 159 Å². The van der Waals surface area contributed by atoms with E-state index in [1.807, 2.05) is 0 Å². The predicted molar refractivity (Wildman–Crippen MR) is 101 cm³/mol. The van der Waals surface area contributed by atoms with E-state index < -0.39 is 10.0 Å². The maximum Gasteiger partial charge on any atom is 0.243 e. The van der Waals surface area contributed by atoms with E-state index in [0.717, 1.165) is 18.4 Å². The summed E-state index contributed by atoms with van der Waals surface area (Å²) < 4.78 is 27.4. The van der Waals surface area contributed by atoms with Gasteiger partial charge in [0.1, 0.15) is 0 Å². The summed E-state index contributed by atoms with van der Waals surface area (Å²) in [6, 6.07) is 6.73. The van der Waals surface area contributed by atoms with Crippen molar-refractivity contribution in [1.29, 1.82) is 0 Å². The maximum atomic E-state index is 12.9. The van der Waals surface area contributed by atoms with Crippen molar-refractivity contribution >= 4 is 21.8 Å². The van der Waals surface area contributed by atoms with E-state index in [2.05, 4.69) is 17.2 Å². The highest BCUT2D eigenvalue weighted by molar-refractivity contribution is 7.89. The monoisotopic (exact) mass is 391 g/mol. The molecule has 2 unspecified atom stereocenters. The summed E-state index contributed by atoms with van der Waals surface area (Å²) in [7, 11) is -3.53. The van der Waals surface area contributed by atoms with Crippen LogP contribution < -0.4 is 10.6 Å². The Balaban J connectivity index is 1.62. The lowest BCUT2D eigenvalue weighted by Gasteiger charge is -2.19. The molecule has 2 fully saturated rings. The van der Waals surface area contributed by atoms with E-state index in [1.165, 1.54) is 13.0 Å². The Hall–Kier alpha value is -2.19. The average Bonchev–Trinajstić information content (AvgIpc) is 3.19. The zero-order valence-electron chi connectivity index (χ0n) is 15.3. The molecule has 0 aromatic heterocycles. The van der Waals surface area contributed by atoms with Crippen molar-refractivity contribution in [2.24, 2.45) is 11.8 Å². The SMILES string of the molecule is C=CC(=O)NC1CC2CN(S(=O)(=O)c3ccc(CNC(C)=O)cc3)CC2C1. The van der Waals surface area contributed by atoms with E-state index in [9.17, 15) is 18.0 Å². The van der Waals surface area contributed by atoms with Crippen molar-refractivity contribution in [3.63, 3.8) is 0 Å². The van der Waals surface area contributed by atoms with Crippen LogP contribution in [0, 0.1) is 11.8 Å². The number of hydrogen-bond donors (Lipinski definition) is 2. The van der Waals surface area contributed by atoms with Crippen LogP contribution in [0.2, 0.25) is 0 Å². The molecule has 0 radical (unpaired) electrons. The van der Waals surface area contributed by atoms with Crippen molar-refractivity contribution < 1.29 is 18.0 Å². The highest BCUT2D eigenvalue weighted by Crippen LogP contribution is 2.40. The lowest BCUT2D eigenvalue weighted by atomic mass is 10.0. The van der Waals surface area contributed by atoms with Gasteiger partial charge in [0.2, 0.25) is 21.8 Å². The fourth-order valence-corrected chi connectivity index (χ4v) is 5.54. The minimum atomic E-state index is -3.53. The van der Waals surface area contributed by atoms with Gasteiger partial charge in [-0.2, -0.15) is 4.31 Å². The van der Waals surface area contributed by atoms with Crippen LogP contribution in [-0.2, 0) is 26.2 Å². The zero-order chi connectivity index (χ0) is 19.6. The van der Waals surface area contributed by atoms with Crippen molar-refractivity contribution in [2.75, 3.05) is 13.1 Å². The number of hydrogen-bond acceptors (Lipinski definition) is 4. The van der Waals surface area contributed by atoms with Gasteiger partial charge < -0.3 is 10.6 Å². The van der Waals surface area contributed by atoms with Crippen LogP contribution in [0.5, 0.6) is 0 Å². The normalized spacial score (nSPS) is 25.0. The number of sulfonamides is 1. The summed E-state index contributed by atoms with van der Waals surface area (Å²) in [5.74, 6) is 0.240. The molecule has 1 heterocycles. The lowest BCUT2D eigenvalue weighted by molar-refractivity contribution is -0.119. The molecule has 0 spiro atoms. The first kappa shape index (κ1) is 19.6. The van der Waals surface area contributed by atoms with Gasteiger partial charge in [0.25, 0.3) is 0 Å². The number of nitrogens with one attached hydrogen (secondary N) is 2. The van der Waals surface area contributed by atoms with Crippen LogP contribution in [-0.4, -0.2) is 43.7 Å². The summed E-state index contributed by atoms with van der Waals surface area (Å²) in [6.07, 6.45) is 2.86. The number of amides is 2. The summed E-state index contributed by atoms with van der Waals surface area (Å²) in [6.45, 7) is 6.25. The molecule has 1 aromatic rings. The van der Waals surface area contributed by atoms with Crippen LogP contribution in [0.4, 0.5) is 0 Å². The Morgan fingerprint density at radius 1 is 1.19 bits per heavy atom. The number of benzene rings is 1. The molecule has 8 heteroatoms. The number of carbonyl (C=O) groups is 2. The minimum absolute atomic E-state index is 0.100. The zero-order valence-corrected chi connectivity index (χ0v) is 16.2. The summed E-state index contributed by atoms with van der Waals surface area (Å²) in [5, 5.41) is 5.60. The summed E-state index contributed by atoms with van der Waals surface area (Å²) in [5.41, 5.74) is 0.850. The van der Waals surface area contributed by atoms with Gasteiger partial charge in [0, 0.05) is 32.6 Å². The minimum Gasteiger partial charge on any atom is -0.352 e. The molecule has 7 nitrogen and oxygen atoms in total. The van der Waals surface area contributed by atoms with Crippen molar-refractivity contribution in [1.82, 2.24) is 14.9 Å². The van der Waals surface area contributed by atoms with Crippen LogP contribution in [0.3, 0.4) is 0 Å². The molecule has 2 atom stereocenters. The van der Waals surface area contributed by atoms with Gasteiger partial charge in [0.05, 0.1) is 4.90 Å². The number of nitrogens with zero attached hydrogens (tertiary/aromatic N) is 1. The topological polar surface area (TPSA) is 95.6 Å². The first-order valence-electron chi connectivity index (χ1n) is 9.06. The van der Waals surface area contributed by atoms with E-state index >= 15 is 0 Å². The molecule has 1 saturated heterocycles. The number of rotatable bonds is 6. The van der Waals surface area contributed by atoms with Crippen molar-refractivity contribution in [2.45, 2.75) is 37.2 Å². The van der Waals surface area contributed by atoms with Gasteiger partial charge in [-0.1, -0.05) is 18.7 Å².